The minimum atomic E-state index is -4.61. The number of pyridine rings is 1. The molecule has 1 aromatic rings. The number of methoxy groups -OCH3 is 3. The number of nitrogen functional groups attached to an aromatic ring is 1. The van der Waals surface area contributed by atoms with Crippen LogP contribution in [0.1, 0.15) is 17.4 Å². The van der Waals surface area contributed by atoms with Crippen LogP contribution in [0.2, 0.25) is 0 Å². The highest BCUT2D eigenvalue weighted by atomic mass is 19.4. The van der Waals surface area contributed by atoms with E-state index in [4.69, 9.17) is 19.9 Å². The van der Waals surface area contributed by atoms with Crippen molar-refractivity contribution in [1.29, 1.82) is 0 Å². The molecule has 0 aliphatic carbocycles. The van der Waals surface area contributed by atoms with Crippen molar-refractivity contribution < 1.29 is 27.4 Å². The number of alkyl halides is 3. The summed E-state index contributed by atoms with van der Waals surface area (Å²) in [5.41, 5.74) is 3.97. The summed E-state index contributed by atoms with van der Waals surface area (Å²) in [6, 6.07) is 0. The lowest BCUT2D eigenvalue weighted by Crippen LogP contribution is -2.18. The third-order valence-electron chi connectivity index (χ3n) is 2.28. The second-order valence-corrected chi connectivity index (χ2v) is 3.31. The first-order chi connectivity index (χ1) is 8.36. The highest BCUT2D eigenvalue weighted by Gasteiger charge is 2.38. The van der Waals surface area contributed by atoms with Crippen LogP contribution in [0.25, 0.3) is 0 Å². The molecule has 18 heavy (non-hydrogen) atoms. The van der Waals surface area contributed by atoms with Crippen molar-refractivity contribution in [2.24, 2.45) is 0 Å². The smallest absolute Gasteiger partial charge is 0.418 e. The predicted octanol–water partition coefficient (Wildman–Crippen LogP) is 1.98. The van der Waals surface area contributed by atoms with Gasteiger partial charge in [0.1, 0.15) is 5.69 Å². The molecule has 0 aliphatic rings. The van der Waals surface area contributed by atoms with Crippen LogP contribution in [0, 0.1) is 0 Å². The Hall–Kier alpha value is -1.54. The zero-order valence-corrected chi connectivity index (χ0v) is 10.0. The molecule has 0 aromatic carbocycles. The van der Waals surface area contributed by atoms with Gasteiger partial charge < -0.3 is 19.9 Å². The minimum absolute atomic E-state index is 0.114. The van der Waals surface area contributed by atoms with Gasteiger partial charge in [-0.25, -0.2) is 4.98 Å². The number of ether oxygens (including phenoxy) is 3. The molecular weight excluding hydrogens is 253 g/mol. The van der Waals surface area contributed by atoms with E-state index in [9.17, 15) is 13.2 Å². The first-order valence-electron chi connectivity index (χ1n) is 4.82. The molecule has 1 aromatic heterocycles. The number of nitrogens with two attached hydrogens (primary N) is 1. The summed E-state index contributed by atoms with van der Waals surface area (Å²) in [5.74, 6) is -0.114. The molecule has 0 unspecified atom stereocenters. The molecule has 0 amide bonds. The van der Waals surface area contributed by atoms with Crippen molar-refractivity contribution in [2.45, 2.75) is 12.5 Å². The van der Waals surface area contributed by atoms with Crippen LogP contribution in [0.15, 0.2) is 6.20 Å². The SMILES string of the molecule is COc1ncc(C(F)(F)F)c(C(OC)OC)c1N. The number of hydrogen-bond acceptors (Lipinski definition) is 5. The maximum Gasteiger partial charge on any atom is 0.418 e. The number of halogens is 3. The Balaban J connectivity index is 3.49. The molecule has 0 saturated carbocycles. The second-order valence-electron chi connectivity index (χ2n) is 3.31. The molecule has 0 atom stereocenters. The van der Waals surface area contributed by atoms with E-state index in [1.54, 1.807) is 0 Å². The van der Waals surface area contributed by atoms with Gasteiger partial charge in [0.25, 0.3) is 0 Å². The molecule has 0 radical (unpaired) electrons. The number of rotatable bonds is 4. The van der Waals surface area contributed by atoms with Gasteiger partial charge in [0.15, 0.2) is 6.29 Å². The molecule has 2 N–H and O–H groups in total. The zero-order valence-electron chi connectivity index (χ0n) is 10.0. The highest BCUT2D eigenvalue weighted by Crippen LogP contribution is 2.40. The van der Waals surface area contributed by atoms with Gasteiger partial charge in [0.2, 0.25) is 5.88 Å². The fraction of sp³-hybridized carbons (Fsp3) is 0.500. The van der Waals surface area contributed by atoms with Gasteiger partial charge in [0, 0.05) is 26.0 Å². The van der Waals surface area contributed by atoms with E-state index >= 15 is 0 Å². The minimum Gasteiger partial charge on any atom is -0.480 e. The number of anilines is 1. The predicted molar refractivity (Wildman–Crippen MR) is 57.0 cm³/mol. The van der Waals surface area contributed by atoms with Crippen molar-refractivity contribution in [3.63, 3.8) is 0 Å². The highest BCUT2D eigenvalue weighted by molar-refractivity contribution is 5.58. The third-order valence-corrected chi connectivity index (χ3v) is 2.28. The molecule has 8 heteroatoms. The van der Waals surface area contributed by atoms with E-state index in [0.29, 0.717) is 6.20 Å². The molecule has 0 fully saturated rings. The van der Waals surface area contributed by atoms with Gasteiger partial charge in [-0.15, -0.1) is 0 Å². The summed E-state index contributed by atoms with van der Waals surface area (Å²) in [6.07, 6.45) is -5.23. The molecule has 5 nitrogen and oxygen atoms in total. The van der Waals surface area contributed by atoms with Crippen molar-refractivity contribution >= 4 is 5.69 Å². The summed E-state index contributed by atoms with van der Waals surface area (Å²) in [7, 11) is 3.67. The lowest BCUT2D eigenvalue weighted by molar-refractivity contribution is -0.147. The van der Waals surface area contributed by atoms with Gasteiger partial charge >= 0.3 is 6.18 Å². The largest absolute Gasteiger partial charge is 0.480 e. The quantitative estimate of drug-likeness (QED) is 0.844. The third kappa shape index (κ3) is 2.65. The zero-order chi connectivity index (χ0) is 13.9. The lowest BCUT2D eigenvalue weighted by Gasteiger charge is -2.21. The van der Waals surface area contributed by atoms with Crippen LogP contribution in [0.3, 0.4) is 0 Å². The van der Waals surface area contributed by atoms with E-state index in [2.05, 4.69) is 4.98 Å². The van der Waals surface area contributed by atoms with E-state index in [1.807, 2.05) is 0 Å². The van der Waals surface area contributed by atoms with Crippen LogP contribution < -0.4 is 10.5 Å². The maximum atomic E-state index is 12.8. The van der Waals surface area contributed by atoms with Crippen molar-refractivity contribution in [1.82, 2.24) is 4.98 Å². The van der Waals surface area contributed by atoms with Crippen LogP contribution >= 0.6 is 0 Å². The first-order valence-corrected chi connectivity index (χ1v) is 4.82. The Morgan fingerprint density at radius 3 is 2.17 bits per heavy atom. The van der Waals surface area contributed by atoms with Crippen LogP contribution in [-0.4, -0.2) is 26.3 Å². The molecule has 1 heterocycles. The monoisotopic (exact) mass is 266 g/mol. The first kappa shape index (κ1) is 14.5. The van der Waals surface area contributed by atoms with E-state index < -0.39 is 18.0 Å². The standard InChI is InChI=1S/C10H13F3N2O3/c1-16-8-7(14)6(9(17-2)18-3)5(4-15-8)10(11,12)13/h4,9H,14H2,1-3H3. The molecule has 0 bridgehead atoms. The maximum absolute atomic E-state index is 12.8. The van der Waals surface area contributed by atoms with Gasteiger partial charge in [-0.2, -0.15) is 13.2 Å². The average molecular weight is 266 g/mol. The van der Waals surface area contributed by atoms with E-state index in [1.165, 1.54) is 21.3 Å². The Bertz CT molecular complexity index is 420. The molecule has 0 saturated heterocycles. The molecule has 102 valence electrons. The van der Waals surface area contributed by atoms with Crippen LogP contribution in [0.4, 0.5) is 18.9 Å². The fourth-order valence-corrected chi connectivity index (χ4v) is 1.50. The number of nitrogens with zero attached hydrogens (tertiary/aromatic N) is 1. The molecule has 0 aliphatic heterocycles. The Kier molecular flexibility index (Phi) is 4.36. The number of hydrogen-bond donors (Lipinski definition) is 1. The topological polar surface area (TPSA) is 66.6 Å². The summed E-state index contributed by atoms with van der Waals surface area (Å²) >= 11 is 0. The number of aromatic nitrogens is 1. The summed E-state index contributed by atoms with van der Waals surface area (Å²) < 4.78 is 53.0. The molecule has 1 rings (SSSR count). The van der Waals surface area contributed by atoms with Crippen molar-refractivity contribution in [2.75, 3.05) is 27.1 Å². The second kappa shape index (κ2) is 5.40. The fourth-order valence-electron chi connectivity index (χ4n) is 1.50. The summed E-state index contributed by atoms with van der Waals surface area (Å²) in [5, 5.41) is 0. The summed E-state index contributed by atoms with van der Waals surface area (Å²) in [6.45, 7) is 0. The van der Waals surface area contributed by atoms with E-state index in [0.717, 1.165) is 0 Å². The lowest BCUT2D eigenvalue weighted by atomic mass is 10.1. The Morgan fingerprint density at radius 1 is 1.22 bits per heavy atom. The van der Waals surface area contributed by atoms with E-state index in [-0.39, 0.29) is 17.1 Å². The van der Waals surface area contributed by atoms with Gasteiger partial charge in [0.05, 0.1) is 12.7 Å². The van der Waals surface area contributed by atoms with Gasteiger partial charge in [-0.05, 0) is 0 Å². The summed E-state index contributed by atoms with van der Waals surface area (Å²) in [4.78, 5) is 3.50. The van der Waals surface area contributed by atoms with Crippen molar-refractivity contribution in [3.05, 3.63) is 17.3 Å². The van der Waals surface area contributed by atoms with Gasteiger partial charge in [-0.1, -0.05) is 0 Å². The average Bonchev–Trinajstić information content (AvgIpc) is 2.31. The molecule has 0 spiro atoms. The van der Waals surface area contributed by atoms with Gasteiger partial charge in [-0.3, -0.25) is 0 Å². The van der Waals surface area contributed by atoms with Crippen molar-refractivity contribution in [3.8, 4) is 5.88 Å². The molecular formula is C10H13F3N2O3. The van der Waals surface area contributed by atoms with Crippen LogP contribution in [-0.2, 0) is 15.7 Å². The normalized spacial score (nSPS) is 11.9. The van der Waals surface area contributed by atoms with Crippen LogP contribution in [0.5, 0.6) is 5.88 Å². The Labute approximate surface area is 102 Å². The Morgan fingerprint density at radius 2 is 1.78 bits per heavy atom.